The highest BCUT2D eigenvalue weighted by atomic mass is 16.5. The summed E-state index contributed by atoms with van der Waals surface area (Å²) in [6, 6.07) is 10.3. The maximum atomic E-state index is 5.78. The molecule has 4 aromatic rings. The van der Waals surface area contributed by atoms with Crippen molar-refractivity contribution >= 4 is 5.52 Å². The van der Waals surface area contributed by atoms with Crippen LogP contribution in [0.4, 0.5) is 0 Å². The molecule has 2 N–H and O–H groups in total. The van der Waals surface area contributed by atoms with E-state index in [9.17, 15) is 0 Å². The van der Waals surface area contributed by atoms with Crippen LogP contribution in [0.15, 0.2) is 49.1 Å². The highest BCUT2D eigenvalue weighted by molar-refractivity contribution is 5.81. The first-order valence-electron chi connectivity index (χ1n) is 8.85. The molecule has 0 atom stereocenters. The molecule has 27 heavy (non-hydrogen) atoms. The number of aryl methyl sites for hydroxylation is 1. The van der Waals surface area contributed by atoms with Crippen molar-refractivity contribution in [1.29, 1.82) is 0 Å². The molecule has 0 aliphatic carbocycles. The first-order chi connectivity index (χ1) is 13.2. The van der Waals surface area contributed by atoms with Gasteiger partial charge in [0.1, 0.15) is 6.33 Å². The predicted octanol–water partition coefficient (Wildman–Crippen LogP) is 2.67. The number of ether oxygens (including phenoxy) is 1. The number of benzene rings is 1. The summed E-state index contributed by atoms with van der Waals surface area (Å²) in [6.07, 6.45) is 5.51. The SMILES string of the molecule is COCCn1ccc(-c2cc3c(-c4ccc(CN)c(C)c4)ncnn3c2)n1. The van der Waals surface area contributed by atoms with Crippen molar-refractivity contribution in [3.8, 4) is 22.5 Å². The Morgan fingerprint density at radius 2 is 2.04 bits per heavy atom. The van der Waals surface area contributed by atoms with E-state index in [1.54, 1.807) is 13.4 Å². The zero-order valence-electron chi connectivity index (χ0n) is 15.5. The van der Waals surface area contributed by atoms with E-state index in [0.717, 1.165) is 45.7 Å². The van der Waals surface area contributed by atoms with Crippen LogP contribution in [0.1, 0.15) is 11.1 Å². The van der Waals surface area contributed by atoms with Crippen LogP contribution in [0, 0.1) is 6.92 Å². The highest BCUT2D eigenvalue weighted by Gasteiger charge is 2.12. The molecule has 0 radical (unpaired) electrons. The van der Waals surface area contributed by atoms with E-state index in [0.29, 0.717) is 13.2 Å². The van der Waals surface area contributed by atoms with Crippen LogP contribution in [-0.4, -0.2) is 38.1 Å². The minimum Gasteiger partial charge on any atom is -0.383 e. The van der Waals surface area contributed by atoms with Crippen LogP contribution < -0.4 is 5.73 Å². The van der Waals surface area contributed by atoms with Gasteiger partial charge in [-0.15, -0.1) is 0 Å². The predicted molar refractivity (Wildman–Crippen MR) is 104 cm³/mol. The number of hydrogen-bond donors (Lipinski definition) is 1. The minimum atomic E-state index is 0.534. The van der Waals surface area contributed by atoms with Crippen LogP contribution in [0.25, 0.3) is 28.0 Å². The maximum absolute atomic E-state index is 5.78. The van der Waals surface area contributed by atoms with Crippen LogP contribution in [-0.2, 0) is 17.8 Å². The maximum Gasteiger partial charge on any atom is 0.137 e. The van der Waals surface area contributed by atoms with Crippen LogP contribution in [0.5, 0.6) is 0 Å². The molecule has 3 heterocycles. The third kappa shape index (κ3) is 3.34. The second-order valence-corrected chi connectivity index (χ2v) is 6.47. The lowest BCUT2D eigenvalue weighted by Gasteiger charge is -2.07. The Balaban J connectivity index is 1.74. The van der Waals surface area contributed by atoms with Gasteiger partial charge in [-0.2, -0.15) is 10.2 Å². The topological polar surface area (TPSA) is 83.3 Å². The van der Waals surface area contributed by atoms with Gasteiger partial charge in [-0.1, -0.05) is 12.1 Å². The van der Waals surface area contributed by atoms with E-state index in [1.807, 2.05) is 27.7 Å². The summed E-state index contributed by atoms with van der Waals surface area (Å²) in [4.78, 5) is 4.52. The fourth-order valence-corrected chi connectivity index (χ4v) is 3.19. The lowest BCUT2D eigenvalue weighted by Crippen LogP contribution is -2.04. The van der Waals surface area contributed by atoms with Gasteiger partial charge >= 0.3 is 0 Å². The summed E-state index contributed by atoms with van der Waals surface area (Å²) in [5.74, 6) is 0. The molecule has 0 aliphatic rings. The van der Waals surface area contributed by atoms with E-state index < -0.39 is 0 Å². The van der Waals surface area contributed by atoms with E-state index >= 15 is 0 Å². The Morgan fingerprint density at radius 3 is 2.81 bits per heavy atom. The van der Waals surface area contributed by atoms with Crippen molar-refractivity contribution in [3.63, 3.8) is 0 Å². The lowest BCUT2D eigenvalue weighted by atomic mass is 10.0. The first kappa shape index (κ1) is 17.4. The second-order valence-electron chi connectivity index (χ2n) is 6.47. The molecule has 0 aliphatic heterocycles. The lowest BCUT2D eigenvalue weighted by molar-refractivity contribution is 0.183. The smallest absolute Gasteiger partial charge is 0.137 e. The molecule has 0 unspecified atom stereocenters. The fourth-order valence-electron chi connectivity index (χ4n) is 3.19. The van der Waals surface area contributed by atoms with E-state index in [1.165, 1.54) is 0 Å². The molecule has 4 rings (SSSR count). The van der Waals surface area contributed by atoms with Gasteiger partial charge in [0.15, 0.2) is 0 Å². The average molecular weight is 362 g/mol. The molecule has 3 aromatic heterocycles. The molecule has 0 fully saturated rings. The van der Waals surface area contributed by atoms with Gasteiger partial charge in [0.25, 0.3) is 0 Å². The van der Waals surface area contributed by atoms with Crippen molar-refractivity contribution in [1.82, 2.24) is 24.4 Å². The normalized spacial score (nSPS) is 11.4. The van der Waals surface area contributed by atoms with Crippen molar-refractivity contribution in [2.75, 3.05) is 13.7 Å². The van der Waals surface area contributed by atoms with Gasteiger partial charge in [0.05, 0.1) is 30.1 Å². The Kier molecular flexibility index (Phi) is 4.70. The summed E-state index contributed by atoms with van der Waals surface area (Å²) in [5, 5.41) is 8.97. The number of rotatable bonds is 6. The fraction of sp³-hybridized carbons (Fsp3) is 0.250. The van der Waals surface area contributed by atoms with Crippen molar-refractivity contribution in [2.24, 2.45) is 5.73 Å². The average Bonchev–Trinajstić information content (AvgIpc) is 3.32. The number of methoxy groups -OCH3 is 1. The van der Waals surface area contributed by atoms with Crippen molar-refractivity contribution < 1.29 is 4.74 Å². The zero-order valence-corrected chi connectivity index (χ0v) is 15.5. The van der Waals surface area contributed by atoms with Crippen molar-refractivity contribution in [3.05, 3.63) is 60.2 Å². The van der Waals surface area contributed by atoms with Gasteiger partial charge in [-0.25, -0.2) is 9.50 Å². The number of aromatic nitrogens is 5. The summed E-state index contributed by atoms with van der Waals surface area (Å²) in [5.41, 5.74) is 12.9. The summed E-state index contributed by atoms with van der Waals surface area (Å²) in [6.45, 7) is 3.96. The molecular weight excluding hydrogens is 340 g/mol. The number of hydrogen-bond acceptors (Lipinski definition) is 5. The Morgan fingerprint density at radius 1 is 1.15 bits per heavy atom. The van der Waals surface area contributed by atoms with Gasteiger partial charge in [0.2, 0.25) is 0 Å². The Labute approximate surface area is 157 Å². The van der Waals surface area contributed by atoms with Gasteiger partial charge in [-0.3, -0.25) is 4.68 Å². The summed E-state index contributed by atoms with van der Waals surface area (Å²) < 4.78 is 8.83. The van der Waals surface area contributed by atoms with Crippen LogP contribution in [0.2, 0.25) is 0 Å². The van der Waals surface area contributed by atoms with Crippen molar-refractivity contribution in [2.45, 2.75) is 20.0 Å². The Hall–Kier alpha value is -3.03. The van der Waals surface area contributed by atoms with Gasteiger partial charge < -0.3 is 10.5 Å². The molecule has 7 nitrogen and oxygen atoms in total. The molecule has 0 amide bonds. The molecule has 138 valence electrons. The van der Waals surface area contributed by atoms with Crippen LogP contribution >= 0.6 is 0 Å². The number of fused-ring (bicyclic) bond motifs is 1. The van der Waals surface area contributed by atoms with E-state index in [-0.39, 0.29) is 0 Å². The largest absolute Gasteiger partial charge is 0.383 e. The third-order valence-electron chi connectivity index (χ3n) is 4.70. The van der Waals surface area contributed by atoms with Gasteiger partial charge in [0, 0.05) is 37.2 Å². The molecule has 0 bridgehead atoms. The molecular formula is C20H22N6O. The zero-order chi connectivity index (χ0) is 18.8. The van der Waals surface area contributed by atoms with Crippen LogP contribution in [0.3, 0.4) is 0 Å². The van der Waals surface area contributed by atoms with E-state index in [2.05, 4.69) is 46.4 Å². The molecule has 0 saturated carbocycles. The highest BCUT2D eigenvalue weighted by Crippen LogP contribution is 2.28. The molecule has 7 heteroatoms. The molecule has 0 spiro atoms. The first-order valence-corrected chi connectivity index (χ1v) is 8.85. The standard InChI is InChI=1S/C20H22N6O/c1-14-9-15(3-4-16(14)11-21)20-19-10-17(12-26(19)23-13-22-20)18-5-6-25(24-18)7-8-27-2/h3-6,9-10,12-13H,7-8,11,21H2,1-2H3. The minimum absolute atomic E-state index is 0.534. The summed E-state index contributed by atoms with van der Waals surface area (Å²) >= 11 is 0. The number of nitrogens with zero attached hydrogens (tertiary/aromatic N) is 5. The molecule has 1 aromatic carbocycles. The number of nitrogens with two attached hydrogens (primary N) is 1. The van der Waals surface area contributed by atoms with E-state index in [4.69, 9.17) is 10.5 Å². The van der Waals surface area contributed by atoms with Gasteiger partial charge in [-0.05, 0) is 36.2 Å². The summed E-state index contributed by atoms with van der Waals surface area (Å²) in [7, 11) is 1.69. The molecule has 0 saturated heterocycles. The second kappa shape index (κ2) is 7.30. The monoisotopic (exact) mass is 362 g/mol. The quantitative estimate of drug-likeness (QED) is 0.570. The Bertz CT molecular complexity index is 1080. The third-order valence-corrected chi connectivity index (χ3v) is 4.70.